The van der Waals surface area contributed by atoms with Crippen LogP contribution >= 0.6 is 22.9 Å². The number of benzene rings is 1. The van der Waals surface area contributed by atoms with Crippen molar-refractivity contribution in [2.45, 2.75) is 11.1 Å². The van der Waals surface area contributed by atoms with Crippen LogP contribution in [0.5, 0.6) is 0 Å². The van der Waals surface area contributed by atoms with Crippen molar-refractivity contribution in [3.8, 4) is 0 Å². The second kappa shape index (κ2) is 5.88. The monoisotopic (exact) mass is 346 g/mol. The molecule has 1 aromatic carbocycles. The predicted octanol–water partition coefficient (Wildman–Crippen LogP) is 2.00. The van der Waals surface area contributed by atoms with Gasteiger partial charge in [0.05, 0.1) is 16.9 Å². The van der Waals surface area contributed by atoms with Crippen LogP contribution in [0.15, 0.2) is 33.8 Å². The minimum atomic E-state index is -3.82. The van der Waals surface area contributed by atoms with Gasteiger partial charge in [0.25, 0.3) is 10.0 Å². The van der Waals surface area contributed by atoms with Crippen molar-refractivity contribution in [1.82, 2.24) is 4.98 Å². The number of rotatable bonds is 4. The SMILES string of the molecule is Cc1ncc(S(=O)(=O)Nc2cc(Cl)ccc2/C(N)=N/O)s1. The van der Waals surface area contributed by atoms with Gasteiger partial charge in [-0.25, -0.2) is 13.4 Å². The normalized spacial score (nSPS) is 12.4. The molecule has 2 rings (SSSR count). The van der Waals surface area contributed by atoms with E-state index in [9.17, 15) is 8.42 Å². The van der Waals surface area contributed by atoms with Crippen LogP contribution in [0, 0.1) is 6.92 Å². The highest BCUT2D eigenvalue weighted by molar-refractivity contribution is 7.94. The molecule has 0 saturated heterocycles. The van der Waals surface area contributed by atoms with Crippen LogP contribution in [-0.4, -0.2) is 24.4 Å². The third kappa shape index (κ3) is 3.43. The van der Waals surface area contributed by atoms with E-state index in [1.165, 1.54) is 24.4 Å². The molecule has 0 bridgehead atoms. The summed E-state index contributed by atoms with van der Waals surface area (Å²) in [4.78, 5) is 3.90. The zero-order valence-electron chi connectivity index (χ0n) is 10.7. The first-order valence-corrected chi connectivity index (χ1v) is 8.24. The molecule has 0 aliphatic rings. The molecule has 7 nitrogen and oxygen atoms in total. The van der Waals surface area contributed by atoms with Crippen molar-refractivity contribution in [2.75, 3.05) is 4.72 Å². The molecule has 1 heterocycles. The highest BCUT2D eigenvalue weighted by Crippen LogP contribution is 2.26. The van der Waals surface area contributed by atoms with Gasteiger partial charge < -0.3 is 10.9 Å². The maximum absolute atomic E-state index is 12.3. The molecular weight excluding hydrogens is 336 g/mol. The first kappa shape index (κ1) is 15.5. The maximum atomic E-state index is 12.3. The zero-order chi connectivity index (χ0) is 15.6. The summed E-state index contributed by atoms with van der Waals surface area (Å²) in [5, 5.41) is 12.5. The van der Waals surface area contributed by atoms with Crippen LogP contribution in [0.4, 0.5) is 5.69 Å². The highest BCUT2D eigenvalue weighted by atomic mass is 35.5. The molecule has 0 radical (unpaired) electrons. The Labute approximate surface area is 130 Å². The molecule has 0 aliphatic carbocycles. The molecular formula is C11H11ClN4O3S2. The predicted molar refractivity (Wildman–Crippen MR) is 81.6 cm³/mol. The first-order chi connectivity index (χ1) is 9.83. The third-order valence-corrected chi connectivity index (χ3v) is 5.45. The van der Waals surface area contributed by atoms with Gasteiger partial charge in [-0.2, -0.15) is 0 Å². The van der Waals surface area contributed by atoms with Gasteiger partial charge in [0.2, 0.25) is 0 Å². The smallest absolute Gasteiger partial charge is 0.273 e. The van der Waals surface area contributed by atoms with E-state index in [-0.39, 0.29) is 21.3 Å². The number of hydrogen-bond acceptors (Lipinski definition) is 6. The Balaban J connectivity index is 2.46. The summed E-state index contributed by atoms with van der Waals surface area (Å²) in [5.41, 5.74) is 5.85. The number of aryl methyl sites for hydroxylation is 1. The Morgan fingerprint density at radius 3 is 2.81 bits per heavy atom. The summed E-state index contributed by atoms with van der Waals surface area (Å²) in [6.45, 7) is 1.70. The Kier molecular flexibility index (Phi) is 4.35. The minimum absolute atomic E-state index is 0.0606. The molecule has 0 spiro atoms. The van der Waals surface area contributed by atoms with Crippen LogP contribution in [0.3, 0.4) is 0 Å². The topological polar surface area (TPSA) is 118 Å². The number of nitrogens with one attached hydrogen (secondary N) is 1. The zero-order valence-corrected chi connectivity index (χ0v) is 13.1. The lowest BCUT2D eigenvalue weighted by atomic mass is 10.1. The van der Waals surface area contributed by atoms with E-state index in [2.05, 4.69) is 14.9 Å². The van der Waals surface area contributed by atoms with Crippen LogP contribution in [0.25, 0.3) is 0 Å². The number of nitrogens with zero attached hydrogens (tertiary/aromatic N) is 2. The van der Waals surface area contributed by atoms with Crippen molar-refractivity contribution in [3.63, 3.8) is 0 Å². The van der Waals surface area contributed by atoms with Crippen molar-refractivity contribution < 1.29 is 13.6 Å². The number of sulfonamides is 1. The van der Waals surface area contributed by atoms with Crippen molar-refractivity contribution in [2.24, 2.45) is 10.9 Å². The fraction of sp³-hybridized carbons (Fsp3) is 0.0909. The third-order valence-electron chi connectivity index (χ3n) is 2.47. The fourth-order valence-corrected chi connectivity index (χ4v) is 3.89. The lowest BCUT2D eigenvalue weighted by molar-refractivity contribution is 0.318. The number of oxime groups is 1. The summed E-state index contributed by atoms with van der Waals surface area (Å²) in [7, 11) is -3.82. The van der Waals surface area contributed by atoms with Crippen molar-refractivity contribution in [1.29, 1.82) is 0 Å². The molecule has 0 amide bonds. The van der Waals surface area contributed by atoms with Gasteiger partial charge >= 0.3 is 0 Å². The number of aromatic nitrogens is 1. The molecule has 112 valence electrons. The Morgan fingerprint density at radius 1 is 1.52 bits per heavy atom. The molecule has 2 aromatic rings. The maximum Gasteiger partial charge on any atom is 0.273 e. The molecule has 0 saturated carbocycles. The largest absolute Gasteiger partial charge is 0.409 e. The minimum Gasteiger partial charge on any atom is -0.409 e. The highest BCUT2D eigenvalue weighted by Gasteiger charge is 2.20. The lowest BCUT2D eigenvalue weighted by Crippen LogP contribution is -2.19. The molecule has 0 fully saturated rings. The number of nitrogens with two attached hydrogens (primary N) is 1. The van der Waals surface area contributed by atoms with E-state index in [0.717, 1.165) is 11.3 Å². The molecule has 0 atom stereocenters. The number of hydrogen-bond donors (Lipinski definition) is 3. The van der Waals surface area contributed by atoms with E-state index in [1.54, 1.807) is 6.92 Å². The summed E-state index contributed by atoms with van der Waals surface area (Å²) >= 11 is 6.89. The van der Waals surface area contributed by atoms with E-state index in [1.807, 2.05) is 0 Å². The van der Waals surface area contributed by atoms with Gasteiger partial charge in [0, 0.05) is 10.6 Å². The summed E-state index contributed by atoms with van der Waals surface area (Å²) in [6, 6.07) is 4.33. The summed E-state index contributed by atoms with van der Waals surface area (Å²) in [5.74, 6) is -0.232. The van der Waals surface area contributed by atoms with E-state index < -0.39 is 10.0 Å². The van der Waals surface area contributed by atoms with Crippen molar-refractivity contribution in [3.05, 3.63) is 40.0 Å². The summed E-state index contributed by atoms with van der Waals surface area (Å²) in [6.07, 6.45) is 1.26. The Bertz CT molecular complexity index is 802. The number of halogens is 1. The second-order valence-corrected chi connectivity index (χ2v) is 7.56. The molecule has 0 aliphatic heterocycles. The lowest BCUT2D eigenvalue weighted by Gasteiger charge is -2.11. The first-order valence-electron chi connectivity index (χ1n) is 5.56. The second-order valence-electron chi connectivity index (χ2n) is 3.98. The van der Waals surface area contributed by atoms with Crippen LogP contribution in [0.1, 0.15) is 10.6 Å². The molecule has 4 N–H and O–H groups in total. The number of thiazole rings is 1. The Morgan fingerprint density at radius 2 is 2.24 bits per heavy atom. The van der Waals surface area contributed by atoms with E-state index >= 15 is 0 Å². The molecule has 0 unspecified atom stereocenters. The van der Waals surface area contributed by atoms with Gasteiger partial charge in [-0.15, -0.1) is 11.3 Å². The molecule has 10 heteroatoms. The van der Waals surface area contributed by atoms with Crippen molar-refractivity contribution >= 4 is 44.5 Å². The van der Waals surface area contributed by atoms with E-state index in [0.29, 0.717) is 10.0 Å². The van der Waals surface area contributed by atoms with Crippen LogP contribution < -0.4 is 10.5 Å². The van der Waals surface area contributed by atoms with Gasteiger partial charge in [-0.3, -0.25) is 4.72 Å². The average molecular weight is 347 g/mol. The number of amidine groups is 1. The Hall–Kier alpha value is -1.84. The van der Waals surface area contributed by atoms with Crippen LogP contribution in [-0.2, 0) is 10.0 Å². The van der Waals surface area contributed by atoms with Gasteiger partial charge in [-0.1, -0.05) is 16.8 Å². The standard InChI is InChI=1S/C11H11ClN4O3S2/c1-6-14-5-10(20-6)21(18,19)16-9-4-7(12)2-3-8(9)11(13)15-17/h2-5,16-17H,1H3,(H2,13,15). The summed E-state index contributed by atoms with van der Waals surface area (Å²) < 4.78 is 26.9. The van der Waals surface area contributed by atoms with E-state index in [4.69, 9.17) is 22.5 Å². The van der Waals surface area contributed by atoms with Gasteiger partial charge in [0.1, 0.15) is 0 Å². The van der Waals surface area contributed by atoms with Crippen LogP contribution in [0.2, 0.25) is 5.02 Å². The quantitative estimate of drug-likeness (QED) is 0.338. The van der Waals surface area contributed by atoms with Gasteiger partial charge in [-0.05, 0) is 25.1 Å². The molecule has 21 heavy (non-hydrogen) atoms. The average Bonchev–Trinajstić information content (AvgIpc) is 2.85. The van der Waals surface area contributed by atoms with Gasteiger partial charge in [0.15, 0.2) is 10.0 Å². The molecule has 1 aromatic heterocycles. The fourth-order valence-electron chi connectivity index (χ4n) is 1.54. The number of anilines is 1.